The van der Waals surface area contributed by atoms with Crippen LogP contribution in [0.3, 0.4) is 0 Å². The minimum Gasteiger partial charge on any atom is -0.394 e. The number of aliphatic hydroxyl groups is 6. The minimum absolute atomic E-state index is 0.136. The van der Waals surface area contributed by atoms with Crippen molar-refractivity contribution >= 4 is 6.04 Å². The molecule has 1 fully saturated rings. The monoisotopic (exact) mass is 442 g/mol. The second kappa shape index (κ2) is 10.8. The van der Waals surface area contributed by atoms with E-state index >= 15 is 0 Å². The summed E-state index contributed by atoms with van der Waals surface area (Å²) in [4.78, 5) is 34.4. The highest BCUT2D eigenvalue weighted by molar-refractivity contribution is 5.68. The first kappa shape index (κ1) is 26.0. The highest BCUT2D eigenvalue weighted by Gasteiger charge is 2.48. The van der Waals surface area contributed by atoms with Gasteiger partial charge in [-0.25, -0.2) is 9.36 Å². The highest BCUT2D eigenvalue weighted by atomic mass is 19.2. The lowest BCUT2D eigenvalue weighted by Crippen LogP contribution is -2.42. The molecule has 1 aliphatic heterocycles. The van der Waals surface area contributed by atoms with Gasteiger partial charge in [-0.2, -0.15) is 8.78 Å². The summed E-state index contributed by atoms with van der Waals surface area (Å²) in [6.07, 6.45) is -7.66. The van der Waals surface area contributed by atoms with E-state index < -0.39 is 79.8 Å². The number of ether oxygens (including phenoxy) is 1. The van der Waals surface area contributed by atoms with Gasteiger partial charge in [0.25, 0.3) is 11.5 Å². The van der Waals surface area contributed by atoms with Crippen LogP contribution in [0.1, 0.15) is 18.4 Å². The summed E-state index contributed by atoms with van der Waals surface area (Å²) in [5, 5.41) is 53.0. The van der Waals surface area contributed by atoms with Gasteiger partial charge in [0.2, 0.25) is 0 Å². The summed E-state index contributed by atoms with van der Waals surface area (Å²) in [6, 6.07) is -1.79. The summed E-state index contributed by atoms with van der Waals surface area (Å²) in [5.41, 5.74) is -1.45. The Bertz CT molecular complexity index is 831. The second-order valence-electron chi connectivity index (χ2n) is 6.61. The molecule has 2 rings (SSSR count). The van der Waals surface area contributed by atoms with E-state index in [2.05, 4.69) is 0 Å². The van der Waals surface area contributed by atoms with Crippen LogP contribution in [0.2, 0.25) is 0 Å². The van der Waals surface area contributed by atoms with Crippen LogP contribution in [-0.2, 0) is 15.5 Å². The lowest BCUT2D eigenvalue weighted by Gasteiger charge is -2.22. The van der Waals surface area contributed by atoms with Gasteiger partial charge in [-0.15, -0.1) is 0 Å². The molecule has 0 aliphatic carbocycles. The van der Waals surface area contributed by atoms with Gasteiger partial charge in [-0.1, -0.05) is 0 Å². The fourth-order valence-electron chi connectivity index (χ4n) is 2.53. The maximum atomic E-state index is 14.5. The van der Waals surface area contributed by atoms with Gasteiger partial charge in [0.1, 0.15) is 18.3 Å². The molecule has 1 aromatic rings. The smallest absolute Gasteiger partial charge is 0.332 e. The van der Waals surface area contributed by atoms with Crippen LogP contribution in [0.4, 0.5) is 8.78 Å². The molecular weight excluding hydrogens is 418 g/mol. The molecule has 172 valence electrons. The van der Waals surface area contributed by atoms with Crippen LogP contribution in [0.15, 0.2) is 15.8 Å². The van der Waals surface area contributed by atoms with Gasteiger partial charge in [-0.05, 0) is 6.92 Å². The average molecular weight is 442 g/mol. The first-order valence-electron chi connectivity index (χ1n) is 8.68. The maximum Gasteiger partial charge on any atom is 0.332 e. The van der Waals surface area contributed by atoms with E-state index in [1.165, 1.54) is 6.92 Å². The molecule has 1 saturated heterocycles. The molecule has 7 N–H and O–H groups in total. The molecule has 14 heteroatoms. The van der Waals surface area contributed by atoms with Crippen molar-refractivity contribution in [3.05, 3.63) is 32.6 Å². The minimum atomic E-state index is -2.57. The molecule has 30 heavy (non-hydrogen) atoms. The molecule has 0 saturated carbocycles. The summed E-state index contributed by atoms with van der Waals surface area (Å²) in [5.74, 6) is -2.57. The fourth-order valence-corrected chi connectivity index (χ4v) is 2.53. The summed E-state index contributed by atoms with van der Waals surface area (Å²) in [7, 11) is 0. The van der Waals surface area contributed by atoms with Crippen molar-refractivity contribution in [2.45, 2.75) is 56.3 Å². The number of aryl methyl sites for hydroxylation is 1. The predicted molar refractivity (Wildman–Crippen MR) is 93.6 cm³/mol. The van der Waals surface area contributed by atoms with Crippen molar-refractivity contribution in [2.75, 3.05) is 13.2 Å². The first-order valence-corrected chi connectivity index (χ1v) is 8.68. The fraction of sp³-hybridized carbons (Fsp3) is 0.688. The number of aromatic nitrogens is 2. The Hall–Kier alpha value is -2.07. The van der Waals surface area contributed by atoms with Gasteiger partial charge < -0.3 is 35.4 Å². The van der Waals surface area contributed by atoms with Gasteiger partial charge in [0, 0.05) is 11.8 Å². The zero-order valence-corrected chi connectivity index (χ0v) is 15.8. The Morgan fingerprint density at radius 2 is 1.93 bits per heavy atom. The van der Waals surface area contributed by atoms with E-state index in [9.17, 15) is 28.3 Å². The molecule has 6 atom stereocenters. The van der Waals surface area contributed by atoms with Crippen LogP contribution in [-0.4, -0.2) is 90.0 Å². The van der Waals surface area contributed by atoms with Crippen LogP contribution < -0.4 is 11.2 Å². The molecular formula is C16H24F2N2O10. The molecule has 0 radical (unpaired) electrons. The Morgan fingerprint density at radius 1 is 1.33 bits per heavy atom. The van der Waals surface area contributed by atoms with Crippen LogP contribution >= 0.6 is 0 Å². The van der Waals surface area contributed by atoms with E-state index in [1.807, 2.05) is 4.98 Å². The Balaban J connectivity index is 0.000000329. The second-order valence-corrected chi connectivity index (χ2v) is 6.61. The van der Waals surface area contributed by atoms with Crippen molar-refractivity contribution in [3.63, 3.8) is 0 Å². The number of alkyl halides is 1. The number of H-pyrrole nitrogens is 1. The van der Waals surface area contributed by atoms with Gasteiger partial charge in [0.15, 0.2) is 0 Å². The van der Waals surface area contributed by atoms with Crippen molar-refractivity contribution in [2.24, 2.45) is 0 Å². The summed E-state index contributed by atoms with van der Waals surface area (Å²) in [6.45, 7) is 0.0790. The molecule has 0 aromatic carbocycles. The Kier molecular flexibility index (Phi) is 9.35. The number of hydrogen-bond acceptors (Lipinski definition) is 10. The number of rotatable bonds is 7. The maximum absolute atomic E-state index is 14.5. The number of nitrogens with one attached hydrogen (secondary N) is 1. The summed E-state index contributed by atoms with van der Waals surface area (Å²) < 4.78 is 31.5. The lowest BCUT2D eigenvalue weighted by molar-refractivity contribution is -0.205. The van der Waals surface area contributed by atoms with E-state index in [0.717, 1.165) is 6.20 Å². The van der Waals surface area contributed by atoms with Gasteiger partial charge in [-0.3, -0.25) is 14.6 Å². The van der Waals surface area contributed by atoms with Crippen LogP contribution in [0.5, 0.6) is 0 Å². The molecule has 3 unspecified atom stereocenters. The van der Waals surface area contributed by atoms with E-state index in [-0.39, 0.29) is 5.56 Å². The third-order valence-corrected chi connectivity index (χ3v) is 4.23. The number of halogens is 2. The van der Waals surface area contributed by atoms with Gasteiger partial charge in [0.05, 0.1) is 38.3 Å². The topological polar surface area (TPSA) is 203 Å². The molecule has 2 heterocycles. The average Bonchev–Trinajstić information content (AvgIpc) is 2.97. The molecule has 0 bridgehead atoms. The van der Waals surface area contributed by atoms with E-state index in [4.69, 9.17) is 30.3 Å². The number of carbonyl (C=O) groups is 1. The number of aromatic amines is 1. The Labute approximate surface area is 167 Å². The number of carbonyl (C=O) groups excluding carboxylic acids is 1. The van der Waals surface area contributed by atoms with Crippen molar-refractivity contribution < 1.29 is 49.0 Å². The standard InChI is InChI=1S/C10H13FN2O5.C6H11FO5/c1-5-3-13(9(17)12-8(5)16)10(11)2-6(15)7(4-14)18-10;7-5(11)1-3(9)6(12)4(10)2-8/h3,6-7,14-15H,2,4H2,1H3,(H,12,16,17);3-4,6,8-10,12H,1-2H2/t6-,7+,10-;/m0./s1. The number of aliphatic hydroxyl groups excluding tert-OH is 6. The van der Waals surface area contributed by atoms with Crippen molar-refractivity contribution in [1.82, 2.24) is 9.55 Å². The van der Waals surface area contributed by atoms with Crippen molar-refractivity contribution in [3.8, 4) is 0 Å². The summed E-state index contributed by atoms with van der Waals surface area (Å²) >= 11 is 0. The van der Waals surface area contributed by atoms with E-state index in [0.29, 0.717) is 4.57 Å². The predicted octanol–water partition coefficient (Wildman–Crippen LogP) is -3.49. The molecule has 12 nitrogen and oxygen atoms in total. The number of hydrogen-bond donors (Lipinski definition) is 7. The molecule has 1 aliphatic rings. The van der Waals surface area contributed by atoms with Crippen molar-refractivity contribution in [1.29, 1.82) is 0 Å². The molecule has 1 aromatic heterocycles. The Morgan fingerprint density at radius 3 is 2.40 bits per heavy atom. The van der Waals surface area contributed by atoms with Crippen LogP contribution in [0, 0.1) is 6.92 Å². The normalized spacial score (nSPS) is 26.4. The first-order chi connectivity index (χ1) is 13.9. The zero-order chi connectivity index (χ0) is 23.2. The zero-order valence-electron chi connectivity index (χ0n) is 15.8. The van der Waals surface area contributed by atoms with E-state index in [1.54, 1.807) is 0 Å². The lowest BCUT2D eigenvalue weighted by atomic mass is 10.1. The molecule has 0 amide bonds. The molecule has 0 spiro atoms. The third-order valence-electron chi connectivity index (χ3n) is 4.23. The quantitative estimate of drug-likeness (QED) is 0.208. The third kappa shape index (κ3) is 6.46. The van der Waals surface area contributed by atoms with Crippen LogP contribution in [0.25, 0.3) is 0 Å². The highest BCUT2D eigenvalue weighted by Crippen LogP contribution is 2.35. The van der Waals surface area contributed by atoms with Gasteiger partial charge >= 0.3 is 11.7 Å². The number of nitrogens with zero attached hydrogens (tertiary/aromatic N) is 1. The largest absolute Gasteiger partial charge is 0.394 e. The SMILES string of the molecule is Cc1cn([C@@]2(F)C[C@H](O)[C@@H](CO)O2)c(=O)[nH]c1=O.O=C(F)CC(O)C(O)C(O)CO.